The lowest BCUT2D eigenvalue weighted by molar-refractivity contribution is -0.104. The van der Waals surface area contributed by atoms with E-state index in [1.54, 1.807) is 0 Å². The summed E-state index contributed by atoms with van der Waals surface area (Å²) in [6, 6.07) is 49.9. The normalized spacial score (nSPS) is 18.6. The topological polar surface area (TPSA) is 73.8 Å². The van der Waals surface area contributed by atoms with Gasteiger partial charge in [0.15, 0.2) is 6.29 Å². The van der Waals surface area contributed by atoms with Crippen molar-refractivity contribution in [3.63, 3.8) is 0 Å². The number of rotatable bonds is 4. The van der Waals surface area contributed by atoms with E-state index >= 15 is 0 Å². The minimum Gasteiger partial charge on any atom is -0.417 e. The van der Waals surface area contributed by atoms with Crippen molar-refractivity contribution in [2.45, 2.75) is 25.2 Å². The minimum atomic E-state index is -1.95. The molecule has 8 aromatic rings. The molecule has 0 aromatic heterocycles. The van der Waals surface area contributed by atoms with Crippen LogP contribution in [0.15, 0.2) is 146 Å². The maximum absolute atomic E-state index is 6.60. The van der Waals surface area contributed by atoms with Crippen LogP contribution in [-0.4, -0.2) is 32.2 Å². The van der Waals surface area contributed by atoms with Gasteiger partial charge in [-0.05, 0) is 67.4 Å². The highest BCUT2D eigenvalue weighted by molar-refractivity contribution is 7.43. The molecule has 8 nitrogen and oxygen atoms in total. The molecule has 0 unspecified atom stereocenters. The van der Waals surface area contributed by atoms with E-state index < -0.39 is 29.6 Å². The van der Waals surface area contributed by atoms with Crippen molar-refractivity contribution in [3.8, 4) is 23.0 Å². The first-order valence-corrected chi connectivity index (χ1v) is 21.3. The molecule has 282 valence electrons. The Hall–Kier alpha value is -5.30. The molecule has 0 spiro atoms. The highest BCUT2D eigenvalue weighted by Gasteiger charge is 2.34. The van der Waals surface area contributed by atoms with Crippen LogP contribution in [0.25, 0.3) is 43.1 Å². The summed E-state index contributed by atoms with van der Waals surface area (Å²) in [5, 5.41) is 9.13. The molecule has 0 N–H and O–H groups in total. The van der Waals surface area contributed by atoms with Crippen LogP contribution in [-0.2, 0) is 31.4 Å². The number of hydrogen-bond acceptors (Lipinski definition) is 8. The van der Waals surface area contributed by atoms with Crippen LogP contribution >= 0.6 is 17.2 Å². The molecule has 0 radical (unpaired) electrons. The Kier molecular flexibility index (Phi) is 9.12. The van der Waals surface area contributed by atoms with Crippen LogP contribution in [0.5, 0.6) is 23.0 Å². The van der Waals surface area contributed by atoms with Crippen LogP contribution < -0.4 is 18.1 Å². The van der Waals surface area contributed by atoms with E-state index in [0.29, 0.717) is 12.8 Å². The monoisotopic (exact) mass is 790 g/mol. The largest absolute Gasteiger partial charge is 0.465 e. The molecule has 3 heterocycles. The maximum Gasteiger partial charge on any atom is 0.465 e. The highest BCUT2D eigenvalue weighted by atomic mass is 31.2. The summed E-state index contributed by atoms with van der Waals surface area (Å²) in [5.41, 5.74) is 4.36. The van der Waals surface area contributed by atoms with Gasteiger partial charge in [0.2, 0.25) is 0 Å². The summed E-state index contributed by atoms with van der Waals surface area (Å²) in [5.74, 6) is 2.91. The fourth-order valence-corrected chi connectivity index (χ4v) is 10.3. The van der Waals surface area contributed by atoms with Crippen LogP contribution in [0, 0.1) is 0 Å². The van der Waals surface area contributed by atoms with E-state index in [1.165, 1.54) is 0 Å². The van der Waals surface area contributed by atoms with Gasteiger partial charge in [0.05, 0.1) is 19.8 Å². The van der Waals surface area contributed by atoms with Gasteiger partial charge in [0.1, 0.15) is 29.1 Å². The number of hydrogen-bond donors (Lipinski definition) is 0. The smallest absolute Gasteiger partial charge is 0.417 e. The molecule has 3 aliphatic heterocycles. The summed E-state index contributed by atoms with van der Waals surface area (Å²) in [4.78, 5) is 0. The van der Waals surface area contributed by atoms with Gasteiger partial charge in [-0.3, -0.25) is 9.05 Å². The fraction of sp³-hybridized carbons (Fsp3) is 0.149. The SMILES string of the molecule is c1ccc2c3c(ccc2c1)OP(O[C@H]1COC[C@@H](OP2Oc4ccc5ccccc5c4Cc4c(ccc5ccccc45)O2)OC1)Oc1ccc2ccccc2c1C3. The van der Waals surface area contributed by atoms with E-state index in [-0.39, 0.29) is 19.8 Å². The first-order valence-electron chi connectivity index (χ1n) is 19.1. The van der Waals surface area contributed by atoms with Crippen LogP contribution in [0.1, 0.15) is 22.3 Å². The van der Waals surface area contributed by atoms with Gasteiger partial charge in [-0.15, -0.1) is 0 Å². The average molecular weight is 791 g/mol. The molecular formula is C47H36O8P2. The van der Waals surface area contributed by atoms with Crippen molar-refractivity contribution in [2.75, 3.05) is 19.8 Å². The van der Waals surface area contributed by atoms with E-state index in [9.17, 15) is 0 Å². The third-order valence-electron chi connectivity index (χ3n) is 10.9. The lowest BCUT2D eigenvalue weighted by Gasteiger charge is -2.28. The molecule has 3 aliphatic rings. The lowest BCUT2D eigenvalue weighted by atomic mass is 9.93. The summed E-state index contributed by atoms with van der Waals surface area (Å²) >= 11 is 0. The first kappa shape index (κ1) is 34.9. The van der Waals surface area contributed by atoms with E-state index in [1.807, 2.05) is 24.3 Å². The molecule has 8 aromatic carbocycles. The minimum absolute atomic E-state index is 0.157. The summed E-state index contributed by atoms with van der Waals surface area (Å²) in [7, 11) is -3.85. The molecule has 1 fully saturated rings. The molecule has 11 rings (SSSR count). The third kappa shape index (κ3) is 6.73. The van der Waals surface area contributed by atoms with Gasteiger partial charge in [0, 0.05) is 35.1 Å². The third-order valence-corrected chi connectivity index (χ3v) is 13.1. The fourth-order valence-electron chi connectivity index (χ4n) is 8.08. The highest BCUT2D eigenvalue weighted by Crippen LogP contribution is 2.52. The lowest BCUT2D eigenvalue weighted by Crippen LogP contribution is -2.25. The second-order valence-electron chi connectivity index (χ2n) is 14.4. The van der Waals surface area contributed by atoms with Gasteiger partial charge in [-0.2, -0.15) is 0 Å². The van der Waals surface area contributed by atoms with Crippen LogP contribution in [0.2, 0.25) is 0 Å². The number of fused-ring (bicyclic) bond motifs is 12. The number of ether oxygens (including phenoxy) is 2. The molecule has 0 saturated carbocycles. The van der Waals surface area contributed by atoms with Gasteiger partial charge in [-0.25, -0.2) is 0 Å². The standard InChI is InChI=1S/C47H36O8P2/c1-5-13-35-30(9-1)17-21-43-39(35)25-40-36-14-6-2-10-31(36)18-22-44(40)52-56(51-43)50-34-27-48-29-47(49-28-34)55-57-53-45-23-19-32-11-3-7-15-37(32)41(45)26-42-38-16-8-4-12-33(38)20-24-46(42)54-57/h1-24,34,47H,25-29H2/t34-,47+/m0/s1. The van der Waals surface area contributed by atoms with Gasteiger partial charge < -0.3 is 27.6 Å². The van der Waals surface area contributed by atoms with Crippen molar-refractivity contribution >= 4 is 60.3 Å². The molecule has 0 amide bonds. The Morgan fingerprint density at radius 1 is 0.386 bits per heavy atom. The zero-order valence-corrected chi connectivity index (χ0v) is 32.5. The Labute approximate surface area is 331 Å². The predicted molar refractivity (Wildman–Crippen MR) is 224 cm³/mol. The predicted octanol–water partition coefficient (Wildman–Crippen LogP) is 12.0. The molecule has 0 aliphatic carbocycles. The van der Waals surface area contributed by atoms with Gasteiger partial charge in [-0.1, -0.05) is 121 Å². The van der Waals surface area contributed by atoms with Crippen molar-refractivity contribution in [1.82, 2.24) is 0 Å². The Balaban J connectivity index is 0.860. The van der Waals surface area contributed by atoms with Gasteiger partial charge >= 0.3 is 17.2 Å². The molecule has 57 heavy (non-hydrogen) atoms. The second kappa shape index (κ2) is 14.9. The number of benzene rings is 8. The first-order chi connectivity index (χ1) is 28.2. The Bertz CT molecular complexity index is 2450. The quantitative estimate of drug-likeness (QED) is 0.163. The van der Waals surface area contributed by atoms with E-state index in [4.69, 9.17) is 36.6 Å². The maximum atomic E-state index is 6.60. The van der Waals surface area contributed by atoms with E-state index in [0.717, 1.165) is 88.3 Å². The van der Waals surface area contributed by atoms with Crippen molar-refractivity contribution in [2.24, 2.45) is 0 Å². The summed E-state index contributed by atoms with van der Waals surface area (Å²) in [6.45, 7) is 0.588. The molecular weight excluding hydrogens is 754 g/mol. The van der Waals surface area contributed by atoms with Crippen molar-refractivity contribution in [1.29, 1.82) is 0 Å². The average Bonchev–Trinajstić information content (AvgIpc) is 3.46. The summed E-state index contributed by atoms with van der Waals surface area (Å²) in [6.07, 6.45) is 0.0264. The zero-order chi connectivity index (χ0) is 37.7. The van der Waals surface area contributed by atoms with Crippen molar-refractivity contribution in [3.05, 3.63) is 168 Å². The summed E-state index contributed by atoms with van der Waals surface area (Å²) < 4.78 is 51.9. The Morgan fingerprint density at radius 3 is 1.16 bits per heavy atom. The van der Waals surface area contributed by atoms with E-state index in [2.05, 4.69) is 121 Å². The zero-order valence-electron chi connectivity index (χ0n) is 30.7. The van der Waals surface area contributed by atoms with Crippen LogP contribution in [0.4, 0.5) is 0 Å². The molecule has 1 saturated heterocycles. The second-order valence-corrected chi connectivity index (χ2v) is 16.4. The van der Waals surface area contributed by atoms with Crippen molar-refractivity contribution < 1.29 is 36.6 Å². The molecule has 2 atom stereocenters. The molecule has 10 heteroatoms. The van der Waals surface area contributed by atoms with Crippen LogP contribution in [0.3, 0.4) is 0 Å². The Morgan fingerprint density at radius 2 is 0.754 bits per heavy atom. The van der Waals surface area contributed by atoms with Gasteiger partial charge in [0.25, 0.3) is 0 Å². The molecule has 0 bridgehead atoms.